The molecule has 3 heterocycles. The summed E-state index contributed by atoms with van der Waals surface area (Å²) >= 11 is 7.59. The smallest absolute Gasteiger partial charge is 0.338 e. The van der Waals surface area contributed by atoms with Crippen LogP contribution in [0.5, 0.6) is 0 Å². The highest BCUT2D eigenvalue weighted by atomic mass is 35.5. The Morgan fingerprint density at radius 3 is 2.66 bits per heavy atom. The van der Waals surface area contributed by atoms with Crippen molar-refractivity contribution in [3.05, 3.63) is 57.2 Å². The number of ether oxygens (including phenoxy) is 2. The monoisotopic (exact) mass is 518 g/mol. The Morgan fingerprint density at radius 2 is 1.94 bits per heavy atom. The minimum absolute atomic E-state index is 0.0531. The van der Waals surface area contributed by atoms with Gasteiger partial charge in [0.25, 0.3) is 0 Å². The molecule has 1 saturated heterocycles. The average molecular weight is 519 g/mol. The number of hydrogen-bond donors (Lipinski definition) is 1. The third-order valence-electron chi connectivity index (χ3n) is 6.22. The highest BCUT2D eigenvalue weighted by Gasteiger charge is 2.41. The van der Waals surface area contributed by atoms with Crippen molar-refractivity contribution < 1.29 is 19.1 Å². The topological polar surface area (TPSA) is 83.5 Å². The number of rotatable bonds is 10. The van der Waals surface area contributed by atoms with E-state index in [1.807, 2.05) is 29.4 Å². The van der Waals surface area contributed by atoms with Gasteiger partial charge in [-0.1, -0.05) is 35.5 Å². The van der Waals surface area contributed by atoms with Crippen LogP contribution in [0.25, 0.3) is 0 Å². The number of likely N-dealkylation sites (tertiary alicyclic amines) is 1. The standard InChI is InChI=1S/C25H31ClN4O4S/c1-17-22(24(32)34-14-13-33-2)23(18-5-7-19(26)8-6-18)30-20(16-35-25(30)28-17)15-21(31)27-9-12-29-10-3-4-11-29/h5-8,16,23H,3-4,9-15H2,1-2H3,(H,27,31). The van der Waals surface area contributed by atoms with Gasteiger partial charge in [-0.05, 0) is 56.0 Å². The number of amides is 1. The van der Waals surface area contributed by atoms with E-state index in [0.717, 1.165) is 36.1 Å². The number of amidine groups is 1. The molecule has 1 amide bonds. The highest BCUT2D eigenvalue weighted by molar-refractivity contribution is 8.16. The zero-order valence-electron chi connectivity index (χ0n) is 20.1. The van der Waals surface area contributed by atoms with Crippen LogP contribution in [0.3, 0.4) is 0 Å². The second-order valence-corrected chi connectivity index (χ2v) is 9.92. The molecule has 188 valence electrons. The third kappa shape index (κ3) is 6.27. The van der Waals surface area contributed by atoms with Crippen molar-refractivity contribution in [2.75, 3.05) is 46.5 Å². The highest BCUT2D eigenvalue weighted by Crippen LogP contribution is 2.44. The normalized spacial score (nSPS) is 20.0. The van der Waals surface area contributed by atoms with Gasteiger partial charge in [0.05, 0.1) is 30.3 Å². The maximum absolute atomic E-state index is 13.2. The predicted octanol–water partition coefficient (Wildman–Crippen LogP) is 3.71. The molecule has 1 unspecified atom stereocenters. The number of fused-ring (bicyclic) bond motifs is 1. The molecule has 0 aliphatic carbocycles. The summed E-state index contributed by atoms with van der Waals surface area (Å²) in [6, 6.07) is 6.89. The lowest BCUT2D eigenvalue weighted by Crippen LogP contribution is -2.39. The van der Waals surface area contributed by atoms with Gasteiger partial charge < -0.3 is 24.6 Å². The molecule has 0 spiro atoms. The lowest BCUT2D eigenvalue weighted by molar-refractivity contribution is -0.141. The number of nitrogens with zero attached hydrogens (tertiary/aromatic N) is 3. The molecule has 1 fully saturated rings. The third-order valence-corrected chi connectivity index (χ3v) is 7.36. The molecule has 0 bridgehead atoms. The van der Waals surface area contributed by atoms with Crippen molar-refractivity contribution >= 4 is 40.4 Å². The van der Waals surface area contributed by atoms with Crippen LogP contribution in [0.1, 0.15) is 37.8 Å². The Balaban J connectivity index is 1.53. The Kier molecular flexibility index (Phi) is 8.89. The second-order valence-electron chi connectivity index (χ2n) is 8.65. The maximum atomic E-state index is 13.2. The summed E-state index contributed by atoms with van der Waals surface area (Å²) < 4.78 is 10.5. The van der Waals surface area contributed by atoms with Crippen LogP contribution in [-0.4, -0.2) is 73.3 Å². The van der Waals surface area contributed by atoms with Crippen molar-refractivity contribution in [2.24, 2.45) is 4.99 Å². The molecule has 0 saturated carbocycles. The van der Waals surface area contributed by atoms with Crippen LogP contribution in [0.4, 0.5) is 0 Å². The van der Waals surface area contributed by atoms with E-state index in [4.69, 9.17) is 21.1 Å². The number of esters is 1. The first-order valence-electron chi connectivity index (χ1n) is 11.8. The summed E-state index contributed by atoms with van der Waals surface area (Å²) in [5.74, 6) is -0.503. The molecule has 1 atom stereocenters. The fraction of sp³-hybridized carbons (Fsp3) is 0.480. The van der Waals surface area contributed by atoms with Gasteiger partial charge >= 0.3 is 5.97 Å². The summed E-state index contributed by atoms with van der Waals surface area (Å²) in [5, 5.41) is 6.31. The van der Waals surface area contributed by atoms with Crippen LogP contribution in [0, 0.1) is 0 Å². The number of methoxy groups -OCH3 is 1. The van der Waals surface area contributed by atoms with E-state index in [2.05, 4.69) is 15.2 Å². The number of carbonyl (C=O) groups is 2. The zero-order chi connectivity index (χ0) is 24.8. The number of thioether (sulfide) groups is 1. The molecule has 4 rings (SSSR count). The zero-order valence-corrected chi connectivity index (χ0v) is 21.7. The molecular weight excluding hydrogens is 488 g/mol. The van der Waals surface area contributed by atoms with Crippen molar-refractivity contribution in [2.45, 2.75) is 32.2 Å². The van der Waals surface area contributed by atoms with E-state index in [9.17, 15) is 9.59 Å². The molecule has 3 aliphatic heterocycles. The number of hydrogen-bond acceptors (Lipinski definition) is 8. The molecule has 1 aromatic carbocycles. The average Bonchev–Trinajstić information content (AvgIpc) is 3.49. The lowest BCUT2D eigenvalue weighted by Gasteiger charge is -2.36. The molecule has 35 heavy (non-hydrogen) atoms. The Hall–Kier alpha value is -2.33. The minimum atomic E-state index is -0.478. The van der Waals surface area contributed by atoms with Crippen molar-refractivity contribution in [1.82, 2.24) is 15.1 Å². The Labute approximate surface area is 215 Å². The predicted molar refractivity (Wildman–Crippen MR) is 138 cm³/mol. The second kappa shape index (κ2) is 12.1. The van der Waals surface area contributed by atoms with E-state index < -0.39 is 12.0 Å². The molecule has 10 heteroatoms. The number of nitrogens with one attached hydrogen (secondary N) is 1. The SMILES string of the molecule is COCCOC(=O)C1=C(C)N=C2SC=C(CC(=O)NCCN3CCCC3)N2C1c1ccc(Cl)cc1. The van der Waals surface area contributed by atoms with Crippen molar-refractivity contribution in [1.29, 1.82) is 0 Å². The maximum Gasteiger partial charge on any atom is 0.338 e. The van der Waals surface area contributed by atoms with E-state index in [-0.39, 0.29) is 18.9 Å². The van der Waals surface area contributed by atoms with Gasteiger partial charge in [0.1, 0.15) is 6.61 Å². The van der Waals surface area contributed by atoms with Crippen LogP contribution in [-0.2, 0) is 19.1 Å². The van der Waals surface area contributed by atoms with E-state index in [0.29, 0.717) is 29.4 Å². The number of allylic oxidation sites excluding steroid dienone is 1. The molecule has 8 nitrogen and oxygen atoms in total. The summed E-state index contributed by atoms with van der Waals surface area (Å²) in [6.45, 7) is 5.95. The largest absolute Gasteiger partial charge is 0.460 e. The van der Waals surface area contributed by atoms with Gasteiger partial charge in [-0.3, -0.25) is 4.79 Å². The molecule has 3 aliphatic rings. The first kappa shape index (κ1) is 25.8. The first-order valence-corrected chi connectivity index (χ1v) is 13.1. The number of halogens is 1. The fourth-order valence-electron chi connectivity index (χ4n) is 4.47. The van der Waals surface area contributed by atoms with Crippen molar-refractivity contribution in [3.8, 4) is 0 Å². The van der Waals surface area contributed by atoms with E-state index >= 15 is 0 Å². The first-order chi connectivity index (χ1) is 17.0. The molecular formula is C25H31ClN4O4S. The molecule has 1 N–H and O–H groups in total. The van der Waals surface area contributed by atoms with Crippen LogP contribution >= 0.6 is 23.4 Å². The number of carbonyl (C=O) groups excluding carboxylic acids is 2. The van der Waals surface area contributed by atoms with Crippen LogP contribution < -0.4 is 5.32 Å². The van der Waals surface area contributed by atoms with Crippen molar-refractivity contribution in [3.63, 3.8) is 0 Å². The van der Waals surface area contributed by atoms with Gasteiger partial charge in [0.2, 0.25) is 5.91 Å². The number of benzene rings is 1. The van der Waals surface area contributed by atoms with Gasteiger partial charge in [0, 0.05) is 30.9 Å². The molecule has 1 aromatic rings. The van der Waals surface area contributed by atoms with Crippen LogP contribution in [0.15, 0.2) is 51.6 Å². The van der Waals surface area contributed by atoms with Crippen LogP contribution in [0.2, 0.25) is 5.02 Å². The summed E-state index contributed by atoms with van der Waals surface area (Å²) in [6.07, 6.45) is 2.65. The summed E-state index contributed by atoms with van der Waals surface area (Å²) in [5.41, 5.74) is 2.69. The molecule has 0 radical (unpaired) electrons. The lowest BCUT2D eigenvalue weighted by atomic mass is 9.94. The summed E-state index contributed by atoms with van der Waals surface area (Å²) in [4.78, 5) is 35.0. The Bertz CT molecular complexity index is 1030. The molecule has 0 aromatic heterocycles. The van der Waals surface area contributed by atoms with Gasteiger partial charge in [0.15, 0.2) is 5.17 Å². The Morgan fingerprint density at radius 1 is 1.20 bits per heavy atom. The fourth-order valence-corrected chi connectivity index (χ4v) is 5.56. The van der Waals surface area contributed by atoms with E-state index in [1.165, 1.54) is 24.6 Å². The minimum Gasteiger partial charge on any atom is -0.460 e. The van der Waals surface area contributed by atoms with Gasteiger partial charge in [-0.2, -0.15) is 0 Å². The van der Waals surface area contributed by atoms with Gasteiger partial charge in [-0.15, -0.1) is 0 Å². The number of aliphatic imine (C=N–C) groups is 1. The summed E-state index contributed by atoms with van der Waals surface area (Å²) in [7, 11) is 1.56. The van der Waals surface area contributed by atoms with Gasteiger partial charge in [-0.25, -0.2) is 9.79 Å². The van der Waals surface area contributed by atoms with E-state index in [1.54, 1.807) is 19.2 Å². The quantitative estimate of drug-likeness (QED) is 0.373.